The molecule has 0 atom stereocenters. The number of piperidine rings is 1. The zero-order chi connectivity index (χ0) is 21.9. The number of amides is 1. The van der Waals surface area contributed by atoms with Gasteiger partial charge in [-0.15, -0.1) is 24.0 Å². The van der Waals surface area contributed by atoms with E-state index < -0.39 is 6.61 Å². The van der Waals surface area contributed by atoms with Gasteiger partial charge in [-0.3, -0.25) is 9.79 Å². The van der Waals surface area contributed by atoms with Gasteiger partial charge in [-0.2, -0.15) is 8.78 Å². The molecule has 0 aliphatic carbocycles. The lowest BCUT2D eigenvalue weighted by atomic mass is 9.93. The van der Waals surface area contributed by atoms with Crippen molar-refractivity contribution in [3.8, 4) is 11.5 Å². The molecule has 0 spiro atoms. The Morgan fingerprint density at radius 3 is 2.58 bits per heavy atom. The fourth-order valence-electron chi connectivity index (χ4n) is 3.49. The maximum atomic E-state index is 12.6. The van der Waals surface area contributed by atoms with E-state index >= 15 is 0 Å². The van der Waals surface area contributed by atoms with Gasteiger partial charge in [0.15, 0.2) is 17.5 Å². The summed E-state index contributed by atoms with van der Waals surface area (Å²) in [6.45, 7) is 2.09. The van der Waals surface area contributed by atoms with Gasteiger partial charge in [0.25, 0.3) is 0 Å². The molecule has 0 aromatic heterocycles. The van der Waals surface area contributed by atoms with E-state index in [4.69, 9.17) is 9.73 Å². The van der Waals surface area contributed by atoms with Crippen LogP contribution in [0.25, 0.3) is 0 Å². The van der Waals surface area contributed by atoms with Crippen LogP contribution in [0, 0.1) is 5.92 Å². The summed E-state index contributed by atoms with van der Waals surface area (Å²) in [7, 11) is 3.08. The SMILES string of the molecule is CCNC(=NCCc1ccc(OC)c(OC(F)F)c1)N1CCC(CC(=O)NC)CC1.I. The molecule has 176 valence electrons. The molecule has 2 N–H and O–H groups in total. The lowest BCUT2D eigenvalue weighted by Gasteiger charge is -2.34. The maximum Gasteiger partial charge on any atom is 0.387 e. The van der Waals surface area contributed by atoms with Crippen LogP contribution >= 0.6 is 24.0 Å². The van der Waals surface area contributed by atoms with Crippen LogP contribution in [0.2, 0.25) is 0 Å². The summed E-state index contributed by atoms with van der Waals surface area (Å²) in [5, 5.41) is 6.00. The highest BCUT2D eigenvalue weighted by molar-refractivity contribution is 14.0. The van der Waals surface area contributed by atoms with Crippen LogP contribution in [0.4, 0.5) is 8.78 Å². The lowest BCUT2D eigenvalue weighted by Crippen LogP contribution is -2.46. The lowest BCUT2D eigenvalue weighted by molar-refractivity contribution is -0.121. The van der Waals surface area contributed by atoms with Gasteiger partial charge in [0.1, 0.15) is 0 Å². The first-order valence-corrected chi connectivity index (χ1v) is 10.3. The number of alkyl halides is 2. The van der Waals surface area contributed by atoms with Crippen LogP contribution in [-0.4, -0.2) is 63.7 Å². The minimum Gasteiger partial charge on any atom is -0.493 e. The van der Waals surface area contributed by atoms with Gasteiger partial charge in [0, 0.05) is 39.6 Å². The minimum absolute atomic E-state index is 0. The molecule has 0 saturated carbocycles. The quantitative estimate of drug-likeness (QED) is 0.279. The van der Waals surface area contributed by atoms with Gasteiger partial charge in [0.2, 0.25) is 5.91 Å². The Bertz CT molecular complexity index is 714. The highest BCUT2D eigenvalue weighted by atomic mass is 127. The van der Waals surface area contributed by atoms with Crippen molar-refractivity contribution in [2.45, 2.75) is 39.2 Å². The number of rotatable bonds is 9. The number of hydrogen-bond acceptors (Lipinski definition) is 4. The second-order valence-electron chi connectivity index (χ2n) is 7.16. The van der Waals surface area contributed by atoms with Crippen molar-refractivity contribution >= 4 is 35.8 Å². The third kappa shape index (κ3) is 9.04. The zero-order valence-electron chi connectivity index (χ0n) is 18.3. The number of methoxy groups -OCH3 is 1. The second kappa shape index (κ2) is 14.3. The number of nitrogens with zero attached hydrogens (tertiary/aromatic N) is 2. The Balaban J connectivity index is 0.00000480. The summed E-state index contributed by atoms with van der Waals surface area (Å²) >= 11 is 0. The maximum absolute atomic E-state index is 12.6. The molecule has 1 saturated heterocycles. The van der Waals surface area contributed by atoms with Crippen LogP contribution < -0.4 is 20.1 Å². The van der Waals surface area contributed by atoms with Crippen molar-refractivity contribution in [3.05, 3.63) is 23.8 Å². The van der Waals surface area contributed by atoms with Gasteiger partial charge >= 0.3 is 6.61 Å². The van der Waals surface area contributed by atoms with Crippen LogP contribution in [0.1, 0.15) is 31.7 Å². The predicted molar refractivity (Wildman–Crippen MR) is 128 cm³/mol. The van der Waals surface area contributed by atoms with Gasteiger partial charge in [-0.05, 0) is 49.8 Å². The van der Waals surface area contributed by atoms with Gasteiger partial charge in [-0.1, -0.05) is 6.07 Å². The van der Waals surface area contributed by atoms with Crippen molar-refractivity contribution in [2.75, 3.05) is 40.3 Å². The van der Waals surface area contributed by atoms with E-state index in [1.165, 1.54) is 7.11 Å². The molecule has 1 heterocycles. The normalized spacial score (nSPS) is 14.8. The van der Waals surface area contributed by atoms with Crippen molar-refractivity contribution in [2.24, 2.45) is 10.9 Å². The molecule has 31 heavy (non-hydrogen) atoms. The smallest absolute Gasteiger partial charge is 0.387 e. The number of carbonyl (C=O) groups is 1. The fourth-order valence-corrected chi connectivity index (χ4v) is 3.49. The molecular weight excluding hydrogens is 521 g/mol. The van der Waals surface area contributed by atoms with Crippen molar-refractivity contribution < 1.29 is 23.0 Å². The van der Waals surface area contributed by atoms with Crippen LogP contribution in [0.15, 0.2) is 23.2 Å². The number of guanidine groups is 1. The summed E-state index contributed by atoms with van der Waals surface area (Å²) in [4.78, 5) is 18.5. The number of aliphatic imine (C=N–C) groups is 1. The van der Waals surface area contributed by atoms with Crippen molar-refractivity contribution in [3.63, 3.8) is 0 Å². The molecule has 1 aliphatic heterocycles. The van der Waals surface area contributed by atoms with E-state index in [1.54, 1.807) is 19.2 Å². The molecule has 10 heteroatoms. The molecule has 7 nitrogen and oxygen atoms in total. The van der Waals surface area contributed by atoms with E-state index in [-0.39, 0.29) is 41.4 Å². The number of nitrogens with one attached hydrogen (secondary N) is 2. The molecule has 1 aliphatic rings. The first-order chi connectivity index (χ1) is 14.5. The molecule has 1 amide bonds. The molecule has 1 aromatic carbocycles. The van der Waals surface area contributed by atoms with E-state index in [2.05, 4.69) is 20.3 Å². The molecule has 0 bridgehead atoms. The molecule has 0 unspecified atom stereocenters. The average Bonchev–Trinajstić information content (AvgIpc) is 2.73. The molecule has 1 aromatic rings. The molecule has 0 radical (unpaired) electrons. The Labute approximate surface area is 200 Å². The van der Waals surface area contributed by atoms with Crippen LogP contribution in [0.3, 0.4) is 0 Å². The Hall–Kier alpha value is -1.85. The highest BCUT2D eigenvalue weighted by Gasteiger charge is 2.23. The van der Waals surface area contributed by atoms with Crippen LogP contribution in [-0.2, 0) is 11.2 Å². The summed E-state index contributed by atoms with van der Waals surface area (Å²) in [5.74, 6) is 1.63. The predicted octanol–water partition coefficient (Wildman–Crippen LogP) is 3.27. The van der Waals surface area contributed by atoms with E-state index in [1.807, 2.05) is 13.0 Å². The molecular formula is C21H33F2IN4O3. The third-order valence-corrected chi connectivity index (χ3v) is 5.11. The first kappa shape index (κ1) is 27.2. The summed E-state index contributed by atoms with van der Waals surface area (Å²) < 4.78 is 34.8. The average molecular weight is 554 g/mol. The van der Waals surface area contributed by atoms with E-state index in [9.17, 15) is 13.6 Å². The minimum atomic E-state index is -2.90. The molecule has 2 rings (SSSR count). The number of halogens is 3. The molecule has 1 fully saturated rings. The number of hydrogen-bond donors (Lipinski definition) is 2. The second-order valence-corrected chi connectivity index (χ2v) is 7.16. The summed E-state index contributed by atoms with van der Waals surface area (Å²) in [5.41, 5.74) is 0.843. The monoisotopic (exact) mass is 554 g/mol. The first-order valence-electron chi connectivity index (χ1n) is 10.3. The Morgan fingerprint density at radius 2 is 2.00 bits per heavy atom. The van der Waals surface area contributed by atoms with Crippen LogP contribution in [0.5, 0.6) is 11.5 Å². The van der Waals surface area contributed by atoms with Gasteiger partial charge in [0.05, 0.1) is 7.11 Å². The van der Waals surface area contributed by atoms with Crippen molar-refractivity contribution in [1.29, 1.82) is 0 Å². The Kier molecular flexibility index (Phi) is 12.5. The van der Waals surface area contributed by atoms with Gasteiger partial charge < -0.3 is 25.0 Å². The summed E-state index contributed by atoms with van der Waals surface area (Å²) in [6.07, 6.45) is 3.05. The number of carbonyl (C=O) groups excluding carboxylic acids is 1. The third-order valence-electron chi connectivity index (χ3n) is 5.11. The van der Waals surface area contributed by atoms with Crippen molar-refractivity contribution in [1.82, 2.24) is 15.5 Å². The standard InChI is InChI=1S/C21H32F2N4O3.HI/c1-4-25-21(27-11-8-16(9-12-27)14-19(28)24-2)26-10-7-15-5-6-17(29-3)18(13-15)30-20(22)23;/h5-6,13,16,20H,4,7-12,14H2,1-3H3,(H,24,28)(H,25,26);1H. The Morgan fingerprint density at radius 1 is 1.29 bits per heavy atom. The zero-order valence-corrected chi connectivity index (χ0v) is 20.7. The van der Waals surface area contributed by atoms with Gasteiger partial charge in [-0.25, -0.2) is 0 Å². The largest absolute Gasteiger partial charge is 0.493 e. The van der Waals surface area contributed by atoms with E-state index in [0.717, 1.165) is 44.0 Å². The highest BCUT2D eigenvalue weighted by Crippen LogP contribution is 2.29. The number of benzene rings is 1. The number of ether oxygens (including phenoxy) is 2. The number of likely N-dealkylation sites (tertiary alicyclic amines) is 1. The van der Waals surface area contributed by atoms with E-state index in [0.29, 0.717) is 25.3 Å². The summed E-state index contributed by atoms with van der Waals surface area (Å²) in [6, 6.07) is 5.01. The topological polar surface area (TPSA) is 75.2 Å². The fraction of sp³-hybridized carbons (Fsp3) is 0.619.